The van der Waals surface area contributed by atoms with Crippen LogP contribution in [0.25, 0.3) is 10.8 Å². The van der Waals surface area contributed by atoms with Gasteiger partial charge >= 0.3 is 0 Å². The van der Waals surface area contributed by atoms with Crippen molar-refractivity contribution in [3.63, 3.8) is 0 Å². The van der Waals surface area contributed by atoms with Gasteiger partial charge in [0, 0.05) is 15.4 Å². The van der Waals surface area contributed by atoms with E-state index >= 15 is 0 Å². The fourth-order valence-electron chi connectivity index (χ4n) is 3.21. The SMILES string of the molecule is O=C(NC(c1ccccc1)c1ccc(Br)cc1F)c1n[nH]c(=O)c2ccccc12. The molecule has 0 bridgehead atoms. The van der Waals surface area contributed by atoms with Crippen LogP contribution < -0.4 is 10.9 Å². The van der Waals surface area contributed by atoms with Crippen LogP contribution in [0.15, 0.2) is 82.1 Å². The van der Waals surface area contributed by atoms with Gasteiger partial charge in [-0.1, -0.05) is 70.5 Å². The molecule has 3 aromatic carbocycles. The molecule has 0 aliphatic rings. The topological polar surface area (TPSA) is 74.8 Å². The molecule has 4 aromatic rings. The van der Waals surface area contributed by atoms with Gasteiger partial charge in [0.2, 0.25) is 0 Å². The molecule has 144 valence electrons. The summed E-state index contributed by atoms with van der Waals surface area (Å²) in [5.41, 5.74) is 0.728. The molecule has 1 aromatic heterocycles. The number of rotatable bonds is 4. The van der Waals surface area contributed by atoms with Crippen molar-refractivity contribution in [3.8, 4) is 0 Å². The molecule has 29 heavy (non-hydrogen) atoms. The Kier molecular flexibility index (Phi) is 5.22. The average molecular weight is 452 g/mol. The van der Waals surface area contributed by atoms with Crippen molar-refractivity contribution in [2.75, 3.05) is 0 Å². The van der Waals surface area contributed by atoms with Crippen molar-refractivity contribution >= 4 is 32.6 Å². The number of halogens is 2. The van der Waals surface area contributed by atoms with Gasteiger partial charge in [-0.15, -0.1) is 0 Å². The standard InChI is InChI=1S/C22H15BrFN3O2/c23-14-10-11-17(18(24)12-14)19(13-6-2-1-3-7-13)25-22(29)20-15-8-4-5-9-16(15)21(28)27-26-20/h1-12,19H,(H,25,29)(H,27,28). The quantitative estimate of drug-likeness (QED) is 0.484. The van der Waals surface area contributed by atoms with Crippen LogP contribution in [0.4, 0.5) is 4.39 Å². The lowest BCUT2D eigenvalue weighted by atomic mass is 9.97. The first-order valence-corrected chi connectivity index (χ1v) is 9.62. The molecule has 1 amide bonds. The third-order valence-corrected chi connectivity index (χ3v) is 5.09. The number of nitrogens with zero attached hydrogens (tertiary/aromatic N) is 1. The van der Waals surface area contributed by atoms with E-state index in [1.165, 1.54) is 6.07 Å². The summed E-state index contributed by atoms with van der Waals surface area (Å²) in [6.45, 7) is 0. The maximum absolute atomic E-state index is 14.7. The summed E-state index contributed by atoms with van der Waals surface area (Å²) < 4.78 is 15.3. The maximum atomic E-state index is 14.7. The molecular formula is C22H15BrFN3O2. The van der Waals surface area contributed by atoms with Crippen molar-refractivity contribution in [3.05, 3.63) is 110 Å². The Morgan fingerprint density at radius 3 is 2.41 bits per heavy atom. The first-order valence-electron chi connectivity index (χ1n) is 8.83. The first kappa shape index (κ1) is 19.0. The Labute approximate surface area is 173 Å². The number of carbonyl (C=O) groups excluding carboxylic acids is 1. The molecule has 0 radical (unpaired) electrons. The second-order valence-corrected chi connectivity index (χ2v) is 7.35. The Morgan fingerprint density at radius 1 is 1.00 bits per heavy atom. The van der Waals surface area contributed by atoms with Crippen LogP contribution in [-0.2, 0) is 0 Å². The zero-order chi connectivity index (χ0) is 20.4. The molecule has 0 fully saturated rings. The van der Waals surface area contributed by atoms with Crippen LogP contribution in [0.5, 0.6) is 0 Å². The van der Waals surface area contributed by atoms with Gasteiger partial charge in [0.15, 0.2) is 5.69 Å². The minimum atomic E-state index is -0.732. The highest BCUT2D eigenvalue weighted by molar-refractivity contribution is 9.10. The van der Waals surface area contributed by atoms with Gasteiger partial charge in [-0.2, -0.15) is 5.10 Å². The Balaban J connectivity index is 1.79. The minimum Gasteiger partial charge on any atom is -0.340 e. The number of aromatic amines is 1. The maximum Gasteiger partial charge on any atom is 0.273 e. The second kappa shape index (κ2) is 7.97. The van der Waals surface area contributed by atoms with E-state index in [-0.39, 0.29) is 11.3 Å². The van der Waals surface area contributed by atoms with E-state index in [1.807, 2.05) is 30.3 Å². The molecule has 1 heterocycles. The summed E-state index contributed by atoms with van der Waals surface area (Å²) in [6, 6.07) is 19.8. The number of amides is 1. The van der Waals surface area contributed by atoms with E-state index in [1.54, 1.807) is 36.4 Å². The lowest BCUT2D eigenvalue weighted by Crippen LogP contribution is -2.31. The largest absolute Gasteiger partial charge is 0.340 e. The number of carbonyl (C=O) groups is 1. The monoisotopic (exact) mass is 451 g/mol. The van der Waals surface area contributed by atoms with Gasteiger partial charge < -0.3 is 5.32 Å². The highest BCUT2D eigenvalue weighted by Gasteiger charge is 2.23. The Morgan fingerprint density at radius 2 is 1.69 bits per heavy atom. The molecule has 7 heteroatoms. The number of hydrogen-bond donors (Lipinski definition) is 2. The smallest absolute Gasteiger partial charge is 0.273 e. The first-order chi connectivity index (χ1) is 14.0. The van der Waals surface area contributed by atoms with Crippen LogP contribution >= 0.6 is 15.9 Å². The summed E-state index contributed by atoms with van der Waals surface area (Å²) in [4.78, 5) is 25.1. The van der Waals surface area contributed by atoms with Crippen LogP contribution in [-0.4, -0.2) is 16.1 Å². The summed E-state index contributed by atoms with van der Waals surface area (Å²) in [6.07, 6.45) is 0. The number of nitrogens with one attached hydrogen (secondary N) is 2. The molecule has 1 atom stereocenters. The number of fused-ring (bicyclic) bond motifs is 1. The number of aromatic nitrogens is 2. The van der Waals surface area contributed by atoms with E-state index in [9.17, 15) is 14.0 Å². The van der Waals surface area contributed by atoms with E-state index in [2.05, 4.69) is 31.4 Å². The van der Waals surface area contributed by atoms with Gasteiger partial charge in [-0.3, -0.25) is 9.59 Å². The van der Waals surface area contributed by atoms with Gasteiger partial charge in [0.25, 0.3) is 11.5 Å². The second-order valence-electron chi connectivity index (χ2n) is 6.43. The van der Waals surface area contributed by atoms with Crippen LogP contribution in [0, 0.1) is 5.82 Å². The summed E-state index contributed by atoms with van der Waals surface area (Å²) in [5.74, 6) is -0.971. The molecule has 5 nitrogen and oxygen atoms in total. The molecule has 2 N–H and O–H groups in total. The summed E-state index contributed by atoms with van der Waals surface area (Å²) in [7, 11) is 0. The Bertz CT molecular complexity index is 1260. The predicted octanol–water partition coefficient (Wildman–Crippen LogP) is 4.34. The van der Waals surface area contributed by atoms with Gasteiger partial charge in [-0.25, -0.2) is 9.49 Å². The lowest BCUT2D eigenvalue weighted by molar-refractivity contribution is 0.0938. The van der Waals surface area contributed by atoms with Crippen molar-refractivity contribution in [2.24, 2.45) is 0 Å². The molecule has 0 saturated carbocycles. The van der Waals surface area contributed by atoms with E-state index in [0.29, 0.717) is 20.8 Å². The third kappa shape index (κ3) is 3.82. The Hall–Kier alpha value is -3.32. The van der Waals surface area contributed by atoms with Crippen molar-refractivity contribution in [2.45, 2.75) is 6.04 Å². The number of benzene rings is 3. The lowest BCUT2D eigenvalue weighted by Gasteiger charge is -2.20. The molecule has 0 spiro atoms. The predicted molar refractivity (Wildman–Crippen MR) is 112 cm³/mol. The fraction of sp³-hybridized carbons (Fsp3) is 0.0455. The molecule has 0 aliphatic carbocycles. The normalized spacial score (nSPS) is 11.9. The fourth-order valence-corrected chi connectivity index (χ4v) is 3.54. The molecule has 1 unspecified atom stereocenters. The zero-order valence-electron chi connectivity index (χ0n) is 15.0. The van der Waals surface area contributed by atoms with Gasteiger partial charge in [-0.05, 0) is 23.8 Å². The zero-order valence-corrected chi connectivity index (χ0v) is 16.6. The highest BCUT2D eigenvalue weighted by Crippen LogP contribution is 2.27. The van der Waals surface area contributed by atoms with Crippen LogP contribution in [0.1, 0.15) is 27.7 Å². The number of H-pyrrole nitrogens is 1. The van der Waals surface area contributed by atoms with Crippen LogP contribution in [0.3, 0.4) is 0 Å². The minimum absolute atomic E-state index is 0.0682. The van der Waals surface area contributed by atoms with Crippen LogP contribution in [0.2, 0.25) is 0 Å². The van der Waals surface area contributed by atoms with Gasteiger partial charge in [0.1, 0.15) is 5.82 Å². The average Bonchev–Trinajstić information content (AvgIpc) is 2.73. The van der Waals surface area contributed by atoms with E-state index in [0.717, 1.165) is 5.56 Å². The molecule has 4 rings (SSSR count). The molecular weight excluding hydrogens is 437 g/mol. The van der Waals surface area contributed by atoms with Crippen molar-refractivity contribution in [1.29, 1.82) is 0 Å². The summed E-state index contributed by atoms with van der Waals surface area (Å²) in [5, 5.41) is 9.93. The van der Waals surface area contributed by atoms with Crippen molar-refractivity contribution < 1.29 is 9.18 Å². The highest BCUT2D eigenvalue weighted by atomic mass is 79.9. The van der Waals surface area contributed by atoms with E-state index in [4.69, 9.17) is 0 Å². The summed E-state index contributed by atoms with van der Waals surface area (Å²) >= 11 is 3.25. The molecule has 0 saturated heterocycles. The van der Waals surface area contributed by atoms with E-state index < -0.39 is 17.8 Å². The third-order valence-electron chi connectivity index (χ3n) is 4.59. The number of hydrogen-bond acceptors (Lipinski definition) is 3. The van der Waals surface area contributed by atoms with Gasteiger partial charge in [0.05, 0.1) is 11.4 Å². The van der Waals surface area contributed by atoms with Crippen molar-refractivity contribution in [1.82, 2.24) is 15.5 Å². The molecule has 0 aliphatic heterocycles.